The Morgan fingerprint density at radius 1 is 0.583 bits per heavy atom. The molecule has 0 radical (unpaired) electrons. The third kappa shape index (κ3) is 25.3. The van der Waals surface area contributed by atoms with Crippen LogP contribution < -0.4 is 21.3 Å². The normalized spacial score (nSPS) is 12.9. The van der Waals surface area contributed by atoms with E-state index in [9.17, 15) is 28.8 Å². The van der Waals surface area contributed by atoms with Crippen LogP contribution >= 0.6 is 0 Å². The number of carbonyl (C=O) groups is 6. The summed E-state index contributed by atoms with van der Waals surface area (Å²) < 4.78 is 43.6. The maximum absolute atomic E-state index is 12.7. The first-order chi connectivity index (χ1) is 29.1. The van der Waals surface area contributed by atoms with Crippen LogP contribution in [0.4, 0.5) is 5.69 Å². The van der Waals surface area contributed by atoms with E-state index in [4.69, 9.17) is 43.0 Å². The summed E-state index contributed by atoms with van der Waals surface area (Å²) in [4.78, 5) is 73.1. The summed E-state index contributed by atoms with van der Waals surface area (Å²) in [5.74, 6) is -2.53. The fourth-order valence-corrected chi connectivity index (χ4v) is 4.98. The number of benzene rings is 1. The van der Waals surface area contributed by atoms with Gasteiger partial charge in [0.05, 0.1) is 119 Å². The molecule has 1 atom stereocenters. The molecule has 338 valence electrons. The first-order valence-corrected chi connectivity index (χ1v) is 20.1. The van der Waals surface area contributed by atoms with Crippen molar-refractivity contribution in [1.82, 2.24) is 20.9 Å². The van der Waals surface area contributed by atoms with Gasteiger partial charge in [-0.2, -0.15) is 0 Å². The fraction of sp³-hybridized carbons (Fsp3) is 0.650. The highest BCUT2D eigenvalue weighted by atomic mass is 16.6. The zero-order valence-electron chi connectivity index (χ0n) is 34.8. The fourth-order valence-electron chi connectivity index (χ4n) is 4.98. The summed E-state index contributed by atoms with van der Waals surface area (Å²) in [6, 6.07) is 5.86. The van der Waals surface area contributed by atoms with Crippen molar-refractivity contribution < 1.29 is 71.8 Å². The Bertz CT molecular complexity index is 1410. The lowest BCUT2D eigenvalue weighted by atomic mass is 10.0. The number of rotatable bonds is 37. The lowest BCUT2D eigenvalue weighted by molar-refractivity contribution is -0.137. The molecule has 60 heavy (non-hydrogen) atoms. The lowest BCUT2D eigenvalue weighted by Gasteiger charge is -2.21. The van der Waals surface area contributed by atoms with E-state index in [-0.39, 0.29) is 56.9 Å². The van der Waals surface area contributed by atoms with Gasteiger partial charge in [0.2, 0.25) is 23.6 Å². The van der Waals surface area contributed by atoms with E-state index < -0.39 is 29.7 Å². The molecule has 20 heteroatoms. The Labute approximate surface area is 351 Å². The molecule has 6 amide bonds. The van der Waals surface area contributed by atoms with Gasteiger partial charge in [-0.25, -0.2) is 0 Å². The number of amides is 6. The van der Waals surface area contributed by atoms with Crippen LogP contribution in [-0.4, -0.2) is 177 Å². The molecule has 1 aliphatic rings. The Balaban J connectivity index is 1.27. The Morgan fingerprint density at radius 3 is 1.48 bits per heavy atom. The second-order valence-corrected chi connectivity index (χ2v) is 13.3. The van der Waals surface area contributed by atoms with Gasteiger partial charge in [-0.15, -0.1) is 0 Å². The molecule has 1 aromatic carbocycles. The van der Waals surface area contributed by atoms with Crippen LogP contribution in [0.2, 0.25) is 0 Å². The number of imide groups is 1. The zero-order chi connectivity index (χ0) is 43.6. The van der Waals surface area contributed by atoms with E-state index in [1.165, 1.54) is 12.2 Å². The molecule has 0 bridgehead atoms. The van der Waals surface area contributed by atoms with Crippen LogP contribution in [0.15, 0.2) is 36.4 Å². The Hall–Kier alpha value is -4.38. The molecule has 0 aliphatic carbocycles. The minimum Gasteiger partial charge on any atom is -0.392 e. The number of hydrogen-bond donors (Lipinski definition) is 5. The third-order valence-electron chi connectivity index (χ3n) is 8.22. The monoisotopic (exact) mass is 853 g/mol. The summed E-state index contributed by atoms with van der Waals surface area (Å²) >= 11 is 0. The smallest absolute Gasteiger partial charge is 0.253 e. The van der Waals surface area contributed by atoms with Gasteiger partial charge in [0.25, 0.3) is 11.8 Å². The highest BCUT2D eigenvalue weighted by molar-refractivity contribution is 6.13. The number of anilines is 1. The van der Waals surface area contributed by atoms with Crippen molar-refractivity contribution >= 4 is 41.1 Å². The molecule has 5 N–H and O–H groups in total. The second kappa shape index (κ2) is 33.4. The first kappa shape index (κ1) is 51.8. The quantitative estimate of drug-likeness (QED) is 0.0412. The molecule has 2 rings (SSSR count). The first-order valence-electron chi connectivity index (χ1n) is 20.1. The minimum atomic E-state index is -0.815. The number of ether oxygens (including phenoxy) is 8. The van der Waals surface area contributed by atoms with E-state index in [1.54, 1.807) is 38.1 Å². The third-order valence-corrected chi connectivity index (χ3v) is 8.22. The molecule has 1 heterocycles. The average Bonchev–Trinajstić information content (AvgIpc) is 3.56. The number of carbonyl (C=O) groups excluding carboxylic acids is 6. The van der Waals surface area contributed by atoms with Gasteiger partial charge in [-0.05, 0) is 23.6 Å². The van der Waals surface area contributed by atoms with Crippen LogP contribution in [0.25, 0.3) is 0 Å². The topological polar surface area (TPSA) is 248 Å². The van der Waals surface area contributed by atoms with E-state index in [0.717, 1.165) is 4.90 Å². The van der Waals surface area contributed by atoms with Crippen molar-refractivity contribution in [2.45, 2.75) is 39.3 Å². The lowest BCUT2D eigenvalue weighted by Crippen LogP contribution is -2.51. The van der Waals surface area contributed by atoms with Gasteiger partial charge in [-0.1, -0.05) is 26.0 Å². The predicted molar refractivity (Wildman–Crippen MR) is 215 cm³/mol. The van der Waals surface area contributed by atoms with Crippen molar-refractivity contribution in [1.29, 1.82) is 0 Å². The zero-order valence-corrected chi connectivity index (χ0v) is 34.8. The molecule has 1 aliphatic heterocycles. The Kier molecular flexibility index (Phi) is 28.8. The van der Waals surface area contributed by atoms with E-state index in [1.807, 2.05) is 0 Å². The number of aliphatic hydroxyl groups excluding tert-OH is 1. The standard InChI is InChI=1S/C40H63N5O15/c1-31(2)39(40(52)42-29-36(49)43-33-5-3-32(30-46)4-6-33)44-35(48)10-13-53-15-17-55-19-21-57-23-25-59-27-28-60-26-24-58-22-20-56-18-16-54-14-11-41-34(47)9-12-45-37(50)7-8-38(45)51/h3-8,31,39,46H,9-30H2,1-2H3,(H,41,47)(H,42,52)(H,43,49)(H,44,48). The molecule has 0 fully saturated rings. The van der Waals surface area contributed by atoms with E-state index >= 15 is 0 Å². The van der Waals surface area contributed by atoms with Crippen molar-refractivity contribution in [2.24, 2.45) is 5.92 Å². The molecule has 0 saturated carbocycles. The number of nitrogens with one attached hydrogen (secondary N) is 4. The van der Waals surface area contributed by atoms with Gasteiger partial charge in [0.15, 0.2) is 0 Å². The van der Waals surface area contributed by atoms with Crippen LogP contribution in [0.3, 0.4) is 0 Å². The highest BCUT2D eigenvalue weighted by Gasteiger charge is 2.25. The van der Waals surface area contributed by atoms with Crippen LogP contribution in [0.1, 0.15) is 32.3 Å². The maximum atomic E-state index is 12.7. The van der Waals surface area contributed by atoms with Gasteiger partial charge in [0.1, 0.15) is 6.04 Å². The minimum absolute atomic E-state index is 0.0377. The molecule has 0 spiro atoms. The highest BCUT2D eigenvalue weighted by Crippen LogP contribution is 2.09. The molecule has 1 unspecified atom stereocenters. The largest absolute Gasteiger partial charge is 0.392 e. The summed E-state index contributed by atoms with van der Waals surface area (Å²) in [6.45, 7) is 9.55. The SMILES string of the molecule is CC(C)C(NC(=O)CCOCCOCCOCCOCCOCCOCCOCCOCCNC(=O)CCN1C(=O)C=CC1=O)C(=O)NCC(=O)Nc1ccc(CO)cc1. The summed E-state index contributed by atoms with van der Waals surface area (Å²) in [5, 5.41) is 19.7. The van der Waals surface area contributed by atoms with Gasteiger partial charge in [0, 0.05) is 43.8 Å². The summed E-state index contributed by atoms with van der Waals surface area (Å²) in [6.07, 6.45) is 2.46. The second-order valence-electron chi connectivity index (χ2n) is 13.3. The molecular formula is C40H63N5O15. The van der Waals surface area contributed by atoms with E-state index in [0.29, 0.717) is 117 Å². The molecule has 0 aromatic heterocycles. The van der Waals surface area contributed by atoms with Crippen molar-refractivity contribution in [3.05, 3.63) is 42.0 Å². The number of aliphatic hydroxyl groups is 1. The predicted octanol–water partition coefficient (Wildman–Crippen LogP) is -0.671. The van der Waals surface area contributed by atoms with Gasteiger partial charge in [-0.3, -0.25) is 33.7 Å². The average molecular weight is 854 g/mol. The molecule has 1 aromatic rings. The van der Waals surface area contributed by atoms with E-state index in [2.05, 4.69) is 21.3 Å². The number of nitrogens with zero attached hydrogens (tertiary/aromatic N) is 1. The van der Waals surface area contributed by atoms with Crippen LogP contribution in [-0.2, 0) is 73.3 Å². The summed E-state index contributed by atoms with van der Waals surface area (Å²) in [7, 11) is 0. The van der Waals surface area contributed by atoms with Crippen molar-refractivity contribution in [2.75, 3.05) is 131 Å². The van der Waals surface area contributed by atoms with Crippen molar-refractivity contribution in [3.8, 4) is 0 Å². The molecule has 20 nitrogen and oxygen atoms in total. The Morgan fingerprint density at radius 2 is 1.03 bits per heavy atom. The molecular weight excluding hydrogens is 790 g/mol. The van der Waals surface area contributed by atoms with Crippen LogP contribution in [0.5, 0.6) is 0 Å². The maximum Gasteiger partial charge on any atom is 0.253 e. The number of hydrogen-bond acceptors (Lipinski definition) is 15. The van der Waals surface area contributed by atoms with Crippen molar-refractivity contribution in [3.63, 3.8) is 0 Å². The summed E-state index contributed by atoms with van der Waals surface area (Å²) in [5.41, 5.74) is 1.25. The molecule has 0 saturated heterocycles. The van der Waals surface area contributed by atoms with Crippen LogP contribution in [0, 0.1) is 5.92 Å². The van der Waals surface area contributed by atoms with Gasteiger partial charge < -0.3 is 64.3 Å². The van der Waals surface area contributed by atoms with Gasteiger partial charge >= 0.3 is 0 Å².